The fourth-order valence-electron chi connectivity index (χ4n) is 2.63. The van der Waals surface area contributed by atoms with Gasteiger partial charge in [0.1, 0.15) is 15.1 Å². The average molecular weight is 449 g/mol. The van der Waals surface area contributed by atoms with E-state index in [9.17, 15) is 0 Å². The van der Waals surface area contributed by atoms with Gasteiger partial charge in [-0.15, -0.1) is 4.95 Å². The van der Waals surface area contributed by atoms with E-state index in [0.717, 1.165) is 11.1 Å². The van der Waals surface area contributed by atoms with Crippen LogP contribution in [-0.4, -0.2) is 45.8 Å². The zero-order valence-corrected chi connectivity index (χ0v) is 18.6. The molecule has 0 aromatic heterocycles. The van der Waals surface area contributed by atoms with E-state index in [1.165, 1.54) is 0 Å². The van der Waals surface area contributed by atoms with Gasteiger partial charge in [-0.25, -0.2) is 0 Å². The molecule has 2 N–H and O–H groups in total. The third-order valence-corrected chi connectivity index (χ3v) is 4.38. The summed E-state index contributed by atoms with van der Waals surface area (Å²) in [7, 11) is 3.44. The highest BCUT2D eigenvalue weighted by molar-refractivity contribution is 7.82. The number of benzene rings is 2. The van der Waals surface area contributed by atoms with Crippen molar-refractivity contribution in [2.75, 3.05) is 14.1 Å². The second kappa shape index (κ2) is 12.0. The van der Waals surface area contributed by atoms with Crippen LogP contribution < -0.4 is 10.9 Å². The maximum absolute atomic E-state index is 9.02. The summed E-state index contributed by atoms with van der Waals surface area (Å²) in [6.07, 6.45) is 2.05. The molecule has 0 aliphatic heterocycles. The molecule has 0 saturated heterocycles. The molecule has 0 saturated carbocycles. The molecule has 0 spiro atoms. The van der Waals surface area contributed by atoms with E-state index in [4.69, 9.17) is 36.3 Å². The lowest BCUT2D eigenvalue weighted by Crippen LogP contribution is -2.47. The minimum absolute atomic E-state index is 0.244. The van der Waals surface area contributed by atoms with Crippen LogP contribution in [-0.2, 0) is 0 Å². The number of nitriles is 1. The van der Waals surface area contributed by atoms with Gasteiger partial charge < -0.3 is 0 Å². The quantitative estimate of drug-likeness (QED) is 0.186. The normalized spacial score (nSPS) is 11.0. The van der Waals surface area contributed by atoms with Gasteiger partial charge >= 0.3 is 0 Å². The van der Waals surface area contributed by atoms with E-state index in [2.05, 4.69) is 25.9 Å². The van der Waals surface area contributed by atoms with Crippen molar-refractivity contribution in [3.8, 4) is 6.19 Å². The van der Waals surface area contributed by atoms with E-state index < -0.39 is 0 Å². The fourth-order valence-corrected chi connectivity index (χ4v) is 3.28. The molecule has 8 nitrogen and oxygen atoms in total. The molecule has 2 rings (SSSR count). The molecule has 0 fully saturated rings. The summed E-state index contributed by atoms with van der Waals surface area (Å²) in [5, 5.41) is 16.0. The predicted molar refractivity (Wildman–Crippen MR) is 130 cm³/mol. The van der Waals surface area contributed by atoms with Crippen LogP contribution in [0, 0.1) is 18.0 Å². The van der Waals surface area contributed by atoms with Gasteiger partial charge in [-0.1, -0.05) is 85.1 Å². The summed E-state index contributed by atoms with van der Waals surface area (Å²) in [5.41, 5.74) is 7.57. The van der Waals surface area contributed by atoms with Gasteiger partial charge in [0.2, 0.25) is 12.0 Å². The minimum Gasteiger partial charge on any atom is -0.290 e. The van der Waals surface area contributed by atoms with Crippen LogP contribution in [0.15, 0.2) is 70.8 Å². The van der Waals surface area contributed by atoms with Crippen LogP contribution in [0.25, 0.3) is 4.95 Å². The molecule has 2 aromatic carbocycles. The highest BCUT2D eigenvalue weighted by Crippen LogP contribution is 2.06. The summed E-state index contributed by atoms with van der Waals surface area (Å²) in [6.45, 7) is 7.07. The molecule has 156 valence electrons. The second-order valence-electron chi connectivity index (χ2n) is 6.16. The smallest absolute Gasteiger partial charge is 0.237 e. The zero-order valence-electron chi connectivity index (χ0n) is 17.0. The van der Waals surface area contributed by atoms with Gasteiger partial charge in [-0.3, -0.25) is 20.9 Å². The summed E-state index contributed by atoms with van der Waals surface area (Å²) in [6, 6.07) is 18.6. The van der Waals surface area contributed by atoms with Crippen molar-refractivity contribution >= 4 is 46.1 Å². The number of aliphatic imine (C=N–C) groups is 1. The standard InChI is InChI=1S/C21H20N8S2/c1-23-25-21(17-12-8-5-9-13-17)29(3)27-19(31)14-18(30)26-28(2)20(24-15-22)16-10-6-4-7-11-16/h4-13H,14H2,2-3H3,(H,26,30)(H,27,31)/b24-20?,25-21+. The topological polar surface area (TPSA) is 83.4 Å². The largest absolute Gasteiger partial charge is 0.290 e. The first-order valence-electron chi connectivity index (χ1n) is 9.04. The Balaban J connectivity index is 1.99. The van der Waals surface area contributed by atoms with Crippen molar-refractivity contribution in [2.24, 2.45) is 10.1 Å². The molecule has 31 heavy (non-hydrogen) atoms. The number of thiocarbonyl (C=S) groups is 2. The molecular weight excluding hydrogens is 428 g/mol. The predicted octanol–water partition coefficient (Wildman–Crippen LogP) is 3.11. The Morgan fingerprint density at radius 3 is 1.84 bits per heavy atom. The Bertz CT molecular complexity index is 967. The van der Waals surface area contributed by atoms with E-state index in [-0.39, 0.29) is 6.42 Å². The summed E-state index contributed by atoms with van der Waals surface area (Å²) in [5.74, 6) is 0.860. The minimum atomic E-state index is 0.244. The van der Waals surface area contributed by atoms with Crippen molar-refractivity contribution in [2.45, 2.75) is 6.42 Å². The maximum atomic E-state index is 9.02. The average Bonchev–Trinajstić information content (AvgIpc) is 2.76. The summed E-state index contributed by atoms with van der Waals surface area (Å²) >= 11 is 10.8. The van der Waals surface area contributed by atoms with Crippen molar-refractivity contribution in [1.29, 1.82) is 5.26 Å². The fraction of sp³-hybridized carbons (Fsp3) is 0.143. The molecule has 0 bridgehead atoms. The molecule has 0 aliphatic rings. The molecule has 10 heteroatoms. The molecule has 0 radical (unpaired) electrons. The van der Waals surface area contributed by atoms with Gasteiger partial charge in [0.25, 0.3) is 0 Å². The zero-order chi connectivity index (χ0) is 22.6. The van der Waals surface area contributed by atoms with E-state index in [1.807, 2.05) is 66.9 Å². The monoisotopic (exact) mass is 448 g/mol. The first-order chi connectivity index (χ1) is 15.0. The van der Waals surface area contributed by atoms with E-state index in [0.29, 0.717) is 21.6 Å². The second-order valence-corrected chi connectivity index (χ2v) is 7.14. The highest BCUT2D eigenvalue weighted by Gasteiger charge is 2.16. The van der Waals surface area contributed by atoms with Crippen molar-refractivity contribution in [3.63, 3.8) is 0 Å². The van der Waals surface area contributed by atoms with Crippen LogP contribution >= 0.6 is 24.4 Å². The Hall–Kier alpha value is -3.86. The number of nitrogens with one attached hydrogen (secondary N) is 2. The van der Waals surface area contributed by atoms with Crippen LogP contribution in [0.3, 0.4) is 0 Å². The molecule has 0 amide bonds. The van der Waals surface area contributed by atoms with Crippen molar-refractivity contribution in [3.05, 3.63) is 83.3 Å². The lowest BCUT2D eigenvalue weighted by Gasteiger charge is -2.24. The molecule has 2 aromatic rings. The van der Waals surface area contributed by atoms with E-state index >= 15 is 0 Å². The van der Waals surface area contributed by atoms with Gasteiger partial charge in [-0.05, 0) is 0 Å². The van der Waals surface area contributed by atoms with Gasteiger partial charge in [-0.2, -0.15) is 16.8 Å². The lowest BCUT2D eigenvalue weighted by atomic mass is 10.2. The number of hydrazine groups is 2. The van der Waals surface area contributed by atoms with Crippen LogP contribution in [0.2, 0.25) is 0 Å². The lowest BCUT2D eigenvalue weighted by molar-refractivity contribution is 0.451. The Morgan fingerprint density at radius 2 is 1.39 bits per heavy atom. The molecular formula is C21H20N8S2. The number of hydrogen-bond donors (Lipinski definition) is 2. The van der Waals surface area contributed by atoms with Crippen molar-refractivity contribution < 1.29 is 0 Å². The SMILES string of the molecule is [C-]#[N+]/N=C(\c1ccccc1)N(C)NC(=S)CC(=S)NN(C)C(=NC#N)c1ccccc1. The number of nitrogens with zero attached hydrogens (tertiary/aromatic N) is 6. The molecule has 0 aliphatic carbocycles. The van der Waals surface area contributed by atoms with Gasteiger partial charge in [0.15, 0.2) is 5.84 Å². The Kier molecular flexibility index (Phi) is 9.05. The Labute approximate surface area is 192 Å². The van der Waals surface area contributed by atoms with Crippen LogP contribution in [0.4, 0.5) is 0 Å². The number of rotatable bonds is 4. The number of hydrogen-bond acceptors (Lipinski definition) is 5. The number of amidine groups is 2. The van der Waals surface area contributed by atoms with Crippen LogP contribution in [0.5, 0.6) is 0 Å². The summed E-state index contributed by atoms with van der Waals surface area (Å²) in [4.78, 5) is 7.87. The van der Waals surface area contributed by atoms with Gasteiger partial charge in [0.05, 0.1) is 6.42 Å². The van der Waals surface area contributed by atoms with Gasteiger partial charge in [0, 0.05) is 25.2 Å². The summed E-state index contributed by atoms with van der Waals surface area (Å²) < 4.78 is 0. The third-order valence-electron chi connectivity index (χ3n) is 3.91. The Morgan fingerprint density at radius 1 is 0.935 bits per heavy atom. The first-order valence-corrected chi connectivity index (χ1v) is 9.86. The maximum Gasteiger partial charge on any atom is 0.237 e. The van der Waals surface area contributed by atoms with Crippen molar-refractivity contribution in [1.82, 2.24) is 20.9 Å². The molecule has 0 atom stereocenters. The third kappa shape index (κ3) is 7.16. The first kappa shape index (κ1) is 23.4. The van der Waals surface area contributed by atoms with Crippen LogP contribution in [0.1, 0.15) is 17.5 Å². The molecule has 0 heterocycles. The molecule has 0 unspecified atom stereocenters. The highest BCUT2D eigenvalue weighted by atomic mass is 32.1. The van der Waals surface area contributed by atoms with E-state index in [1.54, 1.807) is 24.1 Å².